The summed E-state index contributed by atoms with van der Waals surface area (Å²) in [5.74, 6) is 3.93. The van der Waals surface area contributed by atoms with Gasteiger partial charge in [-0.15, -0.1) is 22.7 Å². The first-order valence-corrected chi connectivity index (χ1v) is 33.2. The van der Waals surface area contributed by atoms with E-state index in [9.17, 15) is 0 Å². The molecule has 0 aliphatic rings. The third-order valence-corrected chi connectivity index (χ3v) is 19.6. The SMILES string of the molecule is Brc1ccc2sc3cccc(-c4nc(-c5ccccc5)nc(-c5ccccc5-c5ccccc5)n4)c3c2c1.C.[S-2].c1ccc(-c2ccc(-c3ccccc3)c(-c3ccc4sc5cccc(-c6nc(-c7ccccc7)nc(-c7ccccc7-c7ccccc7)n6)c5c4c3)c2)cc1. The zero-order valence-corrected chi connectivity index (χ0v) is 54.4. The third kappa shape index (κ3) is 12.4. The molecule has 454 valence electrons. The van der Waals surface area contributed by atoms with Crippen LogP contribution in [0, 0.1) is 0 Å². The van der Waals surface area contributed by atoms with Crippen LogP contribution in [0.3, 0.4) is 0 Å². The molecule has 17 rings (SSSR count). The molecule has 0 saturated heterocycles. The fourth-order valence-electron chi connectivity index (χ4n) is 12.4. The Kier molecular flexibility index (Phi) is 17.8. The van der Waals surface area contributed by atoms with E-state index in [1.54, 1.807) is 22.7 Å². The molecule has 17 aromatic rings. The van der Waals surface area contributed by atoms with Crippen molar-refractivity contribution in [1.29, 1.82) is 0 Å². The van der Waals surface area contributed by atoms with E-state index in [1.807, 2.05) is 66.7 Å². The molecular weight excluding hydrogens is 1280 g/mol. The van der Waals surface area contributed by atoms with Crippen LogP contribution in [0.5, 0.6) is 0 Å². The van der Waals surface area contributed by atoms with Crippen LogP contribution in [-0.2, 0) is 13.5 Å². The third-order valence-electron chi connectivity index (χ3n) is 16.8. The van der Waals surface area contributed by atoms with Gasteiger partial charge in [-0.05, 0) is 104 Å². The number of fused-ring (bicyclic) bond motifs is 6. The molecule has 0 atom stereocenters. The van der Waals surface area contributed by atoms with E-state index in [2.05, 4.69) is 271 Å². The number of benzene rings is 13. The van der Waals surface area contributed by atoms with Gasteiger partial charge in [0.2, 0.25) is 0 Å². The summed E-state index contributed by atoms with van der Waals surface area (Å²) < 4.78 is 5.92. The van der Waals surface area contributed by atoms with E-state index in [0.717, 1.165) is 71.1 Å². The maximum absolute atomic E-state index is 5.28. The minimum atomic E-state index is 0. The van der Waals surface area contributed by atoms with Gasteiger partial charge >= 0.3 is 0 Å². The molecule has 0 spiro atoms. The van der Waals surface area contributed by atoms with Gasteiger partial charge in [0.1, 0.15) is 0 Å². The molecule has 13 aromatic carbocycles. The normalized spacial score (nSPS) is 11.0. The minimum absolute atomic E-state index is 0. The minimum Gasteiger partial charge on any atom is -2.00 e. The Morgan fingerprint density at radius 1 is 0.211 bits per heavy atom. The van der Waals surface area contributed by atoms with Gasteiger partial charge in [-0.3, -0.25) is 0 Å². The summed E-state index contributed by atoms with van der Waals surface area (Å²) in [7, 11) is 0. The summed E-state index contributed by atoms with van der Waals surface area (Å²) in [4.78, 5) is 30.8. The molecule has 4 heterocycles. The van der Waals surface area contributed by atoms with Crippen LogP contribution in [0.25, 0.3) is 164 Å². The maximum Gasteiger partial charge on any atom is 0.164 e. The zero-order valence-electron chi connectivity index (χ0n) is 50.4. The number of rotatable bonds is 11. The van der Waals surface area contributed by atoms with Crippen molar-refractivity contribution in [3.8, 4) is 124 Å². The summed E-state index contributed by atoms with van der Waals surface area (Å²) >= 11 is 7.25. The van der Waals surface area contributed by atoms with Crippen molar-refractivity contribution in [2.45, 2.75) is 7.43 Å². The van der Waals surface area contributed by atoms with Crippen LogP contribution in [0.4, 0.5) is 0 Å². The van der Waals surface area contributed by atoms with Gasteiger partial charge in [0.25, 0.3) is 0 Å². The molecule has 0 bridgehead atoms. The van der Waals surface area contributed by atoms with Crippen molar-refractivity contribution in [1.82, 2.24) is 29.9 Å². The highest BCUT2D eigenvalue weighted by Gasteiger charge is 2.22. The highest BCUT2D eigenvalue weighted by molar-refractivity contribution is 9.10. The lowest BCUT2D eigenvalue weighted by Crippen LogP contribution is -2.01. The molecule has 0 N–H and O–H groups in total. The molecule has 6 nitrogen and oxygen atoms in total. The Morgan fingerprint density at radius 3 is 0.979 bits per heavy atom. The number of hydrogen-bond acceptors (Lipinski definition) is 8. The number of aromatic nitrogens is 6. The van der Waals surface area contributed by atoms with Crippen LogP contribution in [-0.4, -0.2) is 29.9 Å². The smallest absolute Gasteiger partial charge is 0.164 e. The molecule has 0 aliphatic heterocycles. The van der Waals surface area contributed by atoms with E-state index in [1.165, 1.54) is 62.8 Å². The first-order chi connectivity index (χ1) is 46.0. The van der Waals surface area contributed by atoms with Crippen molar-refractivity contribution in [3.05, 3.63) is 326 Å². The second-order valence-electron chi connectivity index (χ2n) is 22.6. The van der Waals surface area contributed by atoms with Crippen molar-refractivity contribution >= 4 is 92.4 Å². The highest BCUT2D eigenvalue weighted by Crippen LogP contribution is 2.45. The van der Waals surface area contributed by atoms with E-state index in [4.69, 9.17) is 29.9 Å². The molecule has 0 unspecified atom stereocenters. The maximum atomic E-state index is 5.28. The molecule has 0 aliphatic carbocycles. The number of nitrogens with zero attached hydrogens (tertiary/aromatic N) is 6. The summed E-state index contributed by atoms with van der Waals surface area (Å²) in [6.07, 6.45) is 0. The Morgan fingerprint density at radius 2 is 0.537 bits per heavy atom. The fraction of sp³-hybridized carbons (Fsp3) is 0.0118. The quantitative estimate of drug-likeness (QED) is 0.128. The van der Waals surface area contributed by atoms with Gasteiger partial charge in [0.05, 0.1) is 0 Å². The Labute approximate surface area is 575 Å². The fourth-order valence-corrected chi connectivity index (χ4v) is 15.0. The van der Waals surface area contributed by atoms with Crippen LogP contribution >= 0.6 is 38.6 Å². The van der Waals surface area contributed by atoms with Crippen molar-refractivity contribution in [2.75, 3.05) is 0 Å². The largest absolute Gasteiger partial charge is 2.00 e. The topological polar surface area (TPSA) is 77.3 Å². The monoisotopic (exact) mass is 1340 g/mol. The molecule has 4 aromatic heterocycles. The molecule has 0 saturated carbocycles. The molecule has 0 fully saturated rings. The predicted molar refractivity (Wildman–Crippen MR) is 407 cm³/mol. The van der Waals surface area contributed by atoms with Crippen molar-refractivity contribution in [3.63, 3.8) is 0 Å². The summed E-state index contributed by atoms with van der Waals surface area (Å²) in [5.41, 5.74) is 17.4. The van der Waals surface area contributed by atoms with E-state index >= 15 is 0 Å². The van der Waals surface area contributed by atoms with Crippen LogP contribution in [0.2, 0.25) is 0 Å². The second kappa shape index (κ2) is 27.4. The molecule has 95 heavy (non-hydrogen) atoms. The highest BCUT2D eigenvalue weighted by atomic mass is 79.9. The summed E-state index contributed by atoms with van der Waals surface area (Å²) in [6.45, 7) is 0. The standard InChI is InChI=1S/C51H33N3S.C33H20BrN3S.CH4.S/c1-5-16-34(17-6-1)38-28-30-41(36-20-9-3-10-21-36)44(32-38)39-29-31-46-45(33-39)48-43(26-15-27-47(48)55-46)51-53-49(37-22-11-4-12-23-37)52-50(54-51)42-25-14-13-24-40(42)35-18-7-2-8-19-35;34-23-18-19-28-27(20-23)30-26(16-9-17-29(30)38-28)33-36-31(22-12-5-2-6-13-22)35-32(37-33)25-15-8-7-14-24(25)21-10-3-1-4-11-21;;/h1-33H;1-20H;1H4;/q;;;-2. The first kappa shape index (κ1) is 61.6. The lowest BCUT2D eigenvalue weighted by Gasteiger charge is -2.14. The molecule has 0 radical (unpaired) electrons. The predicted octanol–water partition coefficient (Wildman–Crippen LogP) is 24.2. The van der Waals surface area contributed by atoms with Crippen LogP contribution in [0.15, 0.2) is 326 Å². The van der Waals surface area contributed by atoms with E-state index < -0.39 is 0 Å². The van der Waals surface area contributed by atoms with E-state index in [-0.39, 0.29) is 20.9 Å². The van der Waals surface area contributed by atoms with Gasteiger partial charge < -0.3 is 13.5 Å². The lowest BCUT2D eigenvalue weighted by atomic mass is 9.90. The summed E-state index contributed by atoms with van der Waals surface area (Å²) in [6, 6.07) is 112. The molecule has 10 heteroatoms. The van der Waals surface area contributed by atoms with Gasteiger partial charge in [-0.25, -0.2) is 29.9 Å². The van der Waals surface area contributed by atoms with Crippen molar-refractivity contribution < 1.29 is 0 Å². The first-order valence-electron chi connectivity index (χ1n) is 30.8. The number of halogens is 1. The molecular formula is C85H57BrN6S3-2. The summed E-state index contributed by atoms with van der Waals surface area (Å²) in [5, 5.41) is 4.70. The Bertz CT molecular complexity index is 5580. The van der Waals surface area contributed by atoms with E-state index in [0.29, 0.717) is 34.9 Å². The molecule has 0 amide bonds. The van der Waals surface area contributed by atoms with Gasteiger partial charge in [0.15, 0.2) is 34.9 Å². The zero-order chi connectivity index (χ0) is 62.0. The van der Waals surface area contributed by atoms with Crippen LogP contribution < -0.4 is 0 Å². The number of thiophene rings is 2. The Hall–Kier alpha value is -10.9. The lowest BCUT2D eigenvalue weighted by molar-refractivity contribution is 1.08. The van der Waals surface area contributed by atoms with Gasteiger partial charge in [-0.2, -0.15) is 0 Å². The van der Waals surface area contributed by atoms with Gasteiger partial charge in [0, 0.05) is 78.2 Å². The Balaban J connectivity index is 0.000000171. The average molecular weight is 1340 g/mol. The average Bonchev–Trinajstić information content (AvgIpc) is 1.68. The van der Waals surface area contributed by atoms with Crippen molar-refractivity contribution in [2.24, 2.45) is 0 Å². The van der Waals surface area contributed by atoms with Crippen LogP contribution in [0.1, 0.15) is 7.43 Å². The van der Waals surface area contributed by atoms with Gasteiger partial charge in [-0.1, -0.05) is 296 Å². The number of hydrogen-bond donors (Lipinski definition) is 0. The second-order valence-corrected chi connectivity index (χ2v) is 25.7.